The molecule has 2 aromatic carbocycles. The van der Waals surface area contributed by atoms with Gasteiger partial charge >= 0.3 is 17.7 Å². The van der Waals surface area contributed by atoms with E-state index < -0.39 is 29.3 Å². The highest BCUT2D eigenvalue weighted by atomic mass is 16.6. The third kappa shape index (κ3) is 6.32. The van der Waals surface area contributed by atoms with Crippen molar-refractivity contribution in [2.24, 2.45) is 5.92 Å². The van der Waals surface area contributed by atoms with E-state index in [2.05, 4.69) is 5.32 Å². The van der Waals surface area contributed by atoms with Crippen molar-refractivity contribution >= 4 is 33.8 Å². The fourth-order valence-corrected chi connectivity index (χ4v) is 3.71. The van der Waals surface area contributed by atoms with Crippen molar-refractivity contribution < 1.29 is 28.2 Å². The van der Waals surface area contributed by atoms with Crippen molar-refractivity contribution in [3.8, 4) is 11.5 Å². The van der Waals surface area contributed by atoms with Gasteiger partial charge in [-0.25, -0.2) is 14.4 Å². The number of fused-ring (bicyclic) bond motifs is 3. The molecule has 0 bridgehead atoms. The molecule has 0 saturated heterocycles. The number of benzene rings is 2. The van der Waals surface area contributed by atoms with Gasteiger partial charge in [0, 0.05) is 16.3 Å². The summed E-state index contributed by atoms with van der Waals surface area (Å²) in [4.78, 5) is 38.0. The van der Waals surface area contributed by atoms with Crippen molar-refractivity contribution in [1.29, 1.82) is 0 Å². The molecule has 35 heavy (non-hydrogen) atoms. The Balaban J connectivity index is 1.92. The molecular weight excluding hydrogens is 450 g/mol. The maximum Gasteiger partial charge on any atom is 0.408 e. The van der Waals surface area contributed by atoms with Crippen LogP contribution in [0.1, 0.15) is 53.0 Å². The molecule has 1 aromatic heterocycles. The second-order valence-corrected chi connectivity index (χ2v) is 9.96. The number of hydrogen-bond acceptors (Lipinski definition) is 7. The highest BCUT2D eigenvalue weighted by Gasteiger charge is 2.27. The summed E-state index contributed by atoms with van der Waals surface area (Å²) in [7, 11) is 1.53. The Bertz CT molecular complexity index is 1300. The summed E-state index contributed by atoms with van der Waals surface area (Å²) in [6.45, 7) is 11.0. The van der Waals surface area contributed by atoms with E-state index in [1.54, 1.807) is 58.0 Å². The van der Waals surface area contributed by atoms with Crippen LogP contribution in [0.4, 0.5) is 4.79 Å². The fraction of sp³-hybridized carbons (Fsp3) is 0.444. The first-order chi connectivity index (χ1) is 16.4. The van der Waals surface area contributed by atoms with Gasteiger partial charge in [-0.2, -0.15) is 0 Å². The predicted octanol–water partition coefficient (Wildman–Crippen LogP) is 5.50. The molecule has 0 radical (unpaired) electrons. The number of hydrogen-bond donors (Lipinski definition) is 1. The van der Waals surface area contributed by atoms with Crippen LogP contribution in [0.25, 0.3) is 21.7 Å². The van der Waals surface area contributed by atoms with Gasteiger partial charge in [0.05, 0.1) is 12.5 Å². The number of carbonyl (C=O) groups is 2. The molecule has 1 unspecified atom stereocenters. The van der Waals surface area contributed by atoms with E-state index in [4.69, 9.17) is 18.6 Å². The van der Waals surface area contributed by atoms with Crippen LogP contribution in [0.5, 0.6) is 11.5 Å². The summed E-state index contributed by atoms with van der Waals surface area (Å²) in [5, 5.41) is 4.45. The Morgan fingerprint density at radius 2 is 1.71 bits per heavy atom. The van der Waals surface area contributed by atoms with Crippen LogP contribution in [-0.4, -0.2) is 30.8 Å². The molecule has 8 heteroatoms. The highest BCUT2D eigenvalue weighted by molar-refractivity contribution is 6.06. The van der Waals surface area contributed by atoms with Crippen LogP contribution < -0.4 is 20.4 Å². The molecule has 0 aliphatic rings. The number of esters is 1. The lowest BCUT2D eigenvalue weighted by molar-refractivity contribution is -0.137. The molecule has 1 heterocycles. The average molecular weight is 484 g/mol. The summed E-state index contributed by atoms with van der Waals surface area (Å²) in [5.74, 6) is 0.511. The standard InChI is InChI=1S/C27H33NO7/c1-15(2)8-12-21(28-26(31)35-27(4,5)6)25(30)33-22-13-11-19-18-10-9-17(32-7)14-20(18)24(29)34-23(19)16(22)3/h9-11,13-15,21H,8,12H2,1-7H3,(H,28,31). The lowest BCUT2D eigenvalue weighted by atomic mass is 10.0. The van der Waals surface area contributed by atoms with Gasteiger partial charge in [0.2, 0.25) is 0 Å². The number of nitrogens with one attached hydrogen (secondary N) is 1. The van der Waals surface area contributed by atoms with Gasteiger partial charge in [-0.05, 0) is 76.8 Å². The molecular formula is C27H33NO7. The Morgan fingerprint density at radius 1 is 1.03 bits per heavy atom. The number of rotatable bonds is 7. The molecule has 0 fully saturated rings. The number of methoxy groups -OCH3 is 1. The molecule has 188 valence electrons. The van der Waals surface area contributed by atoms with E-state index in [-0.39, 0.29) is 5.75 Å². The number of amides is 1. The zero-order chi connectivity index (χ0) is 25.9. The Morgan fingerprint density at radius 3 is 2.34 bits per heavy atom. The van der Waals surface area contributed by atoms with Gasteiger partial charge in [-0.3, -0.25) is 0 Å². The van der Waals surface area contributed by atoms with Crippen molar-refractivity contribution in [3.05, 3.63) is 46.3 Å². The van der Waals surface area contributed by atoms with Gasteiger partial charge in [0.1, 0.15) is 28.7 Å². The second kappa shape index (κ2) is 10.4. The van der Waals surface area contributed by atoms with Crippen molar-refractivity contribution in [3.63, 3.8) is 0 Å². The molecule has 3 rings (SSSR count). The lowest BCUT2D eigenvalue weighted by Crippen LogP contribution is -2.45. The fourth-order valence-electron chi connectivity index (χ4n) is 3.71. The molecule has 3 aromatic rings. The molecule has 1 atom stereocenters. The van der Waals surface area contributed by atoms with Gasteiger partial charge in [-0.15, -0.1) is 0 Å². The SMILES string of the molecule is COc1ccc2c(c1)c(=O)oc1c(C)c(OC(=O)C(CCC(C)C)NC(=O)OC(C)(C)C)ccc12. The first-order valence-electron chi connectivity index (χ1n) is 11.6. The third-order valence-corrected chi connectivity index (χ3v) is 5.51. The van der Waals surface area contributed by atoms with Crippen LogP contribution in [0.2, 0.25) is 0 Å². The number of carbonyl (C=O) groups excluding carboxylic acids is 2. The molecule has 1 N–H and O–H groups in total. The van der Waals surface area contributed by atoms with Crippen LogP contribution in [0, 0.1) is 12.8 Å². The highest BCUT2D eigenvalue weighted by Crippen LogP contribution is 2.32. The molecule has 0 saturated carbocycles. The molecule has 0 aliphatic heterocycles. The Kier molecular flexibility index (Phi) is 7.73. The van der Waals surface area contributed by atoms with E-state index in [0.29, 0.717) is 51.8 Å². The summed E-state index contributed by atoms with van der Waals surface area (Å²) >= 11 is 0. The minimum atomic E-state index is -0.890. The van der Waals surface area contributed by atoms with Crippen LogP contribution >= 0.6 is 0 Å². The van der Waals surface area contributed by atoms with Gasteiger partial charge in [0.15, 0.2) is 0 Å². The van der Waals surface area contributed by atoms with Crippen molar-refractivity contribution in [2.75, 3.05) is 7.11 Å². The minimum absolute atomic E-state index is 0.249. The summed E-state index contributed by atoms with van der Waals surface area (Å²) in [6, 6.07) is 7.71. The molecule has 1 amide bonds. The van der Waals surface area contributed by atoms with E-state index in [0.717, 1.165) is 0 Å². The van der Waals surface area contributed by atoms with Crippen LogP contribution in [-0.2, 0) is 9.53 Å². The van der Waals surface area contributed by atoms with Gasteiger partial charge < -0.3 is 23.9 Å². The molecule has 8 nitrogen and oxygen atoms in total. The van der Waals surface area contributed by atoms with E-state index in [9.17, 15) is 14.4 Å². The summed E-state index contributed by atoms with van der Waals surface area (Å²) < 4.78 is 21.8. The normalized spacial score (nSPS) is 12.6. The number of aryl methyl sites for hydroxylation is 1. The monoisotopic (exact) mass is 483 g/mol. The predicted molar refractivity (Wildman–Crippen MR) is 134 cm³/mol. The van der Waals surface area contributed by atoms with Crippen molar-refractivity contribution in [1.82, 2.24) is 5.32 Å². The first-order valence-corrected chi connectivity index (χ1v) is 11.6. The molecule has 0 spiro atoms. The van der Waals surface area contributed by atoms with Crippen LogP contribution in [0.3, 0.4) is 0 Å². The Hall–Kier alpha value is -3.55. The van der Waals surface area contributed by atoms with E-state index >= 15 is 0 Å². The third-order valence-electron chi connectivity index (χ3n) is 5.51. The summed E-state index contributed by atoms with van der Waals surface area (Å²) in [6.07, 6.45) is 0.409. The Labute approximate surface area is 204 Å². The lowest BCUT2D eigenvalue weighted by Gasteiger charge is -2.23. The quantitative estimate of drug-likeness (QED) is 0.205. The smallest absolute Gasteiger partial charge is 0.408 e. The maximum absolute atomic E-state index is 13.1. The zero-order valence-electron chi connectivity index (χ0n) is 21.3. The largest absolute Gasteiger partial charge is 0.497 e. The number of ether oxygens (including phenoxy) is 3. The maximum atomic E-state index is 13.1. The van der Waals surface area contributed by atoms with Crippen molar-refractivity contribution in [2.45, 2.75) is 66.0 Å². The first kappa shape index (κ1) is 26.1. The molecule has 0 aliphatic carbocycles. The summed E-state index contributed by atoms with van der Waals surface area (Å²) in [5.41, 5.74) is -0.378. The zero-order valence-corrected chi connectivity index (χ0v) is 21.3. The topological polar surface area (TPSA) is 104 Å². The van der Waals surface area contributed by atoms with E-state index in [1.807, 2.05) is 13.8 Å². The minimum Gasteiger partial charge on any atom is -0.497 e. The number of alkyl carbamates (subject to hydrolysis) is 1. The second-order valence-electron chi connectivity index (χ2n) is 9.96. The van der Waals surface area contributed by atoms with Gasteiger partial charge in [-0.1, -0.05) is 13.8 Å². The van der Waals surface area contributed by atoms with Gasteiger partial charge in [0.25, 0.3) is 0 Å². The van der Waals surface area contributed by atoms with E-state index in [1.165, 1.54) is 7.11 Å². The average Bonchev–Trinajstić information content (AvgIpc) is 2.77. The van der Waals surface area contributed by atoms with Crippen LogP contribution in [0.15, 0.2) is 39.5 Å².